The monoisotopic (exact) mass is 283 g/mol. The van der Waals surface area contributed by atoms with Gasteiger partial charge in [-0.25, -0.2) is 9.37 Å². The highest BCUT2D eigenvalue weighted by Gasteiger charge is 2.14. The molecule has 2 aromatic carbocycles. The van der Waals surface area contributed by atoms with Crippen molar-refractivity contribution >= 4 is 16.9 Å². The average Bonchev–Trinajstić information content (AvgIpc) is 2.94. The SMILES string of the molecule is CC(NC(=O)c1ccc2nc[nH]c2c1)c1ccccc1F. The van der Waals surface area contributed by atoms with Crippen LogP contribution in [0.5, 0.6) is 0 Å². The van der Waals surface area contributed by atoms with Gasteiger partial charge in [0.2, 0.25) is 0 Å². The largest absolute Gasteiger partial charge is 0.345 e. The van der Waals surface area contributed by atoms with Gasteiger partial charge in [0.15, 0.2) is 0 Å². The molecule has 5 heteroatoms. The quantitative estimate of drug-likeness (QED) is 0.775. The van der Waals surface area contributed by atoms with Gasteiger partial charge in [-0.2, -0.15) is 0 Å². The number of imidazole rings is 1. The molecule has 0 fully saturated rings. The fourth-order valence-electron chi connectivity index (χ4n) is 2.26. The van der Waals surface area contributed by atoms with Crippen molar-refractivity contribution in [2.75, 3.05) is 0 Å². The van der Waals surface area contributed by atoms with Crippen LogP contribution in [-0.4, -0.2) is 15.9 Å². The maximum atomic E-state index is 13.7. The number of halogens is 1. The molecule has 1 atom stereocenters. The number of amides is 1. The molecule has 0 saturated carbocycles. The van der Waals surface area contributed by atoms with E-state index in [1.165, 1.54) is 6.07 Å². The minimum atomic E-state index is -0.406. The summed E-state index contributed by atoms with van der Waals surface area (Å²) >= 11 is 0. The van der Waals surface area contributed by atoms with Gasteiger partial charge in [-0.3, -0.25) is 4.79 Å². The van der Waals surface area contributed by atoms with Gasteiger partial charge in [-0.15, -0.1) is 0 Å². The summed E-state index contributed by atoms with van der Waals surface area (Å²) in [7, 11) is 0. The van der Waals surface area contributed by atoms with E-state index in [1.54, 1.807) is 49.6 Å². The van der Waals surface area contributed by atoms with Gasteiger partial charge < -0.3 is 10.3 Å². The lowest BCUT2D eigenvalue weighted by atomic mass is 10.1. The smallest absolute Gasteiger partial charge is 0.251 e. The number of benzene rings is 2. The van der Waals surface area contributed by atoms with Crippen LogP contribution in [0.25, 0.3) is 11.0 Å². The number of hydrogen-bond donors (Lipinski definition) is 2. The van der Waals surface area contributed by atoms with Crippen molar-refractivity contribution in [2.45, 2.75) is 13.0 Å². The van der Waals surface area contributed by atoms with Crippen LogP contribution in [0.3, 0.4) is 0 Å². The Kier molecular flexibility index (Phi) is 3.39. The van der Waals surface area contributed by atoms with Crippen molar-refractivity contribution < 1.29 is 9.18 Å². The Hall–Kier alpha value is -2.69. The lowest BCUT2D eigenvalue weighted by Crippen LogP contribution is -2.27. The molecular formula is C16H14FN3O. The minimum absolute atomic E-state index is 0.248. The summed E-state index contributed by atoms with van der Waals surface area (Å²) in [6.45, 7) is 1.76. The normalized spacial score (nSPS) is 12.3. The van der Waals surface area contributed by atoms with Gasteiger partial charge in [-0.1, -0.05) is 18.2 Å². The van der Waals surface area contributed by atoms with Gasteiger partial charge in [-0.05, 0) is 31.2 Å². The molecule has 0 saturated heterocycles. The Labute approximate surface area is 121 Å². The van der Waals surface area contributed by atoms with E-state index in [9.17, 15) is 9.18 Å². The second-order valence-corrected chi connectivity index (χ2v) is 4.85. The molecule has 0 bridgehead atoms. The minimum Gasteiger partial charge on any atom is -0.345 e. The highest BCUT2D eigenvalue weighted by Crippen LogP contribution is 2.17. The lowest BCUT2D eigenvalue weighted by Gasteiger charge is -2.15. The van der Waals surface area contributed by atoms with E-state index in [0.29, 0.717) is 11.1 Å². The predicted octanol–water partition coefficient (Wildman–Crippen LogP) is 3.19. The summed E-state index contributed by atoms with van der Waals surface area (Å²) in [5, 5.41) is 2.80. The Morgan fingerprint density at radius 2 is 2.10 bits per heavy atom. The standard InChI is InChI=1S/C16H14FN3O/c1-10(12-4-2-3-5-13(12)17)20-16(21)11-6-7-14-15(8-11)19-9-18-14/h2-10H,1H3,(H,18,19)(H,20,21). The first-order valence-electron chi connectivity index (χ1n) is 6.63. The third-order valence-electron chi connectivity index (χ3n) is 3.40. The van der Waals surface area contributed by atoms with Crippen molar-refractivity contribution in [1.29, 1.82) is 0 Å². The zero-order chi connectivity index (χ0) is 14.8. The van der Waals surface area contributed by atoms with E-state index in [2.05, 4.69) is 15.3 Å². The molecule has 1 amide bonds. The number of aromatic amines is 1. The van der Waals surface area contributed by atoms with Crippen LogP contribution >= 0.6 is 0 Å². The number of rotatable bonds is 3. The van der Waals surface area contributed by atoms with Gasteiger partial charge in [0.1, 0.15) is 5.82 Å². The molecule has 0 aliphatic heterocycles. The molecule has 1 unspecified atom stereocenters. The Morgan fingerprint density at radius 1 is 1.29 bits per heavy atom. The van der Waals surface area contributed by atoms with E-state index >= 15 is 0 Å². The van der Waals surface area contributed by atoms with Crippen LogP contribution in [0, 0.1) is 5.82 Å². The predicted molar refractivity (Wildman–Crippen MR) is 78.4 cm³/mol. The summed E-state index contributed by atoms with van der Waals surface area (Å²) in [5.74, 6) is -0.573. The molecule has 0 aliphatic carbocycles. The highest BCUT2D eigenvalue weighted by atomic mass is 19.1. The summed E-state index contributed by atoms with van der Waals surface area (Å²) < 4.78 is 13.7. The molecule has 106 valence electrons. The molecule has 0 spiro atoms. The van der Waals surface area contributed by atoms with Gasteiger partial charge in [0, 0.05) is 11.1 Å². The second kappa shape index (κ2) is 5.36. The molecule has 3 rings (SSSR count). The van der Waals surface area contributed by atoms with Crippen LogP contribution in [0.4, 0.5) is 4.39 Å². The summed E-state index contributed by atoms with van der Waals surface area (Å²) in [5.41, 5.74) is 2.57. The first kappa shape index (κ1) is 13.3. The topological polar surface area (TPSA) is 57.8 Å². The Bertz CT molecular complexity index is 797. The Balaban J connectivity index is 1.81. The van der Waals surface area contributed by atoms with E-state index in [4.69, 9.17) is 0 Å². The van der Waals surface area contributed by atoms with E-state index in [-0.39, 0.29) is 11.7 Å². The molecular weight excluding hydrogens is 269 g/mol. The van der Waals surface area contributed by atoms with Gasteiger partial charge in [0.05, 0.1) is 23.4 Å². The lowest BCUT2D eigenvalue weighted by molar-refractivity contribution is 0.0939. The van der Waals surface area contributed by atoms with Crippen molar-refractivity contribution in [3.8, 4) is 0 Å². The maximum absolute atomic E-state index is 13.7. The number of H-pyrrole nitrogens is 1. The number of fused-ring (bicyclic) bond motifs is 1. The number of aromatic nitrogens is 2. The molecule has 2 N–H and O–H groups in total. The van der Waals surface area contributed by atoms with Crippen LogP contribution in [0.1, 0.15) is 28.9 Å². The maximum Gasteiger partial charge on any atom is 0.251 e. The zero-order valence-electron chi connectivity index (χ0n) is 11.4. The van der Waals surface area contributed by atoms with Crippen molar-refractivity contribution in [1.82, 2.24) is 15.3 Å². The third-order valence-corrected chi connectivity index (χ3v) is 3.40. The number of nitrogens with one attached hydrogen (secondary N) is 2. The van der Waals surface area contributed by atoms with E-state index in [1.807, 2.05) is 0 Å². The third kappa shape index (κ3) is 2.63. The van der Waals surface area contributed by atoms with Crippen molar-refractivity contribution in [3.05, 3.63) is 65.7 Å². The molecule has 4 nitrogen and oxygen atoms in total. The Morgan fingerprint density at radius 3 is 2.90 bits per heavy atom. The molecule has 0 aliphatic rings. The number of hydrogen-bond acceptors (Lipinski definition) is 2. The molecule has 3 aromatic rings. The van der Waals surface area contributed by atoms with Crippen LogP contribution < -0.4 is 5.32 Å². The fraction of sp³-hybridized carbons (Fsp3) is 0.125. The van der Waals surface area contributed by atoms with Crippen molar-refractivity contribution in [2.24, 2.45) is 0 Å². The zero-order valence-corrected chi connectivity index (χ0v) is 11.4. The second-order valence-electron chi connectivity index (χ2n) is 4.85. The molecule has 1 heterocycles. The van der Waals surface area contributed by atoms with E-state index in [0.717, 1.165) is 11.0 Å². The molecule has 0 radical (unpaired) electrons. The summed E-state index contributed by atoms with van der Waals surface area (Å²) in [6.07, 6.45) is 1.58. The van der Waals surface area contributed by atoms with Crippen LogP contribution in [0.2, 0.25) is 0 Å². The van der Waals surface area contributed by atoms with Crippen LogP contribution in [-0.2, 0) is 0 Å². The van der Waals surface area contributed by atoms with E-state index < -0.39 is 6.04 Å². The highest BCUT2D eigenvalue weighted by molar-refractivity contribution is 5.97. The first-order chi connectivity index (χ1) is 10.1. The van der Waals surface area contributed by atoms with Crippen LogP contribution in [0.15, 0.2) is 48.8 Å². The summed E-state index contributed by atoms with van der Waals surface area (Å²) in [4.78, 5) is 19.3. The van der Waals surface area contributed by atoms with Gasteiger partial charge in [0.25, 0.3) is 5.91 Å². The molecule has 1 aromatic heterocycles. The molecule has 21 heavy (non-hydrogen) atoms. The number of carbonyl (C=O) groups excluding carboxylic acids is 1. The number of carbonyl (C=O) groups is 1. The number of nitrogens with zero attached hydrogens (tertiary/aromatic N) is 1. The summed E-state index contributed by atoms with van der Waals surface area (Å²) in [6, 6.07) is 11.2. The first-order valence-corrected chi connectivity index (χ1v) is 6.63. The van der Waals surface area contributed by atoms with Crippen molar-refractivity contribution in [3.63, 3.8) is 0 Å². The fourth-order valence-corrected chi connectivity index (χ4v) is 2.26. The van der Waals surface area contributed by atoms with Gasteiger partial charge >= 0.3 is 0 Å². The average molecular weight is 283 g/mol.